The van der Waals surface area contributed by atoms with Gasteiger partial charge in [0, 0.05) is 19.3 Å². The number of esters is 1. The quantitative estimate of drug-likeness (QED) is 0.655. The first-order chi connectivity index (χ1) is 11.1. The Morgan fingerprint density at radius 2 is 1.79 bits per heavy atom. The van der Waals surface area contributed by atoms with Gasteiger partial charge in [0.05, 0.1) is 25.3 Å². The van der Waals surface area contributed by atoms with Crippen LogP contribution in [0.2, 0.25) is 0 Å². The molecule has 0 atom stereocenters. The summed E-state index contributed by atoms with van der Waals surface area (Å²) in [5, 5.41) is 0.893. The van der Waals surface area contributed by atoms with E-state index in [9.17, 15) is 14.4 Å². The van der Waals surface area contributed by atoms with Crippen LogP contribution in [0.3, 0.4) is 0 Å². The summed E-state index contributed by atoms with van der Waals surface area (Å²) in [6.45, 7) is 5.07. The third-order valence-corrected chi connectivity index (χ3v) is 2.69. The topological polar surface area (TPSA) is 107 Å². The molecule has 1 aromatic rings. The molecule has 0 saturated heterocycles. The maximum atomic E-state index is 12.5. The van der Waals surface area contributed by atoms with E-state index in [-0.39, 0.29) is 17.0 Å². The first kappa shape index (κ1) is 19.2. The van der Waals surface area contributed by atoms with Gasteiger partial charge in [-0.15, -0.1) is 0 Å². The summed E-state index contributed by atoms with van der Waals surface area (Å²) < 4.78 is 14.6. The van der Waals surface area contributed by atoms with Crippen LogP contribution in [0, 0.1) is 0 Å². The Morgan fingerprint density at radius 1 is 1.17 bits per heavy atom. The van der Waals surface area contributed by atoms with Crippen LogP contribution in [0.5, 0.6) is 5.88 Å². The average Bonchev–Trinajstić information content (AvgIpc) is 2.50. The predicted octanol–water partition coefficient (Wildman–Crippen LogP) is 1.39. The molecule has 132 valence electrons. The van der Waals surface area contributed by atoms with Crippen LogP contribution in [0.1, 0.15) is 41.5 Å². The molecule has 0 aliphatic rings. The number of carbonyl (C=O) groups is 3. The zero-order valence-corrected chi connectivity index (χ0v) is 14.5. The van der Waals surface area contributed by atoms with E-state index >= 15 is 0 Å². The molecule has 0 bridgehead atoms. The zero-order chi connectivity index (χ0) is 18.5. The van der Waals surface area contributed by atoms with Crippen LogP contribution >= 0.6 is 0 Å². The fourth-order valence-corrected chi connectivity index (χ4v) is 1.67. The molecule has 24 heavy (non-hydrogen) atoms. The maximum absolute atomic E-state index is 12.5. The fraction of sp³-hybridized carbons (Fsp3) is 0.467. The van der Waals surface area contributed by atoms with Gasteiger partial charge in [-0.1, -0.05) is 0 Å². The van der Waals surface area contributed by atoms with E-state index in [4.69, 9.17) is 9.47 Å². The number of nitrogens with one attached hydrogen (secondary N) is 1. The molecule has 1 heterocycles. The van der Waals surface area contributed by atoms with Gasteiger partial charge in [0.1, 0.15) is 5.60 Å². The molecule has 0 aliphatic heterocycles. The number of rotatable bonds is 3. The zero-order valence-electron chi connectivity index (χ0n) is 14.5. The van der Waals surface area contributed by atoms with Crippen molar-refractivity contribution in [3.8, 4) is 5.88 Å². The van der Waals surface area contributed by atoms with Gasteiger partial charge in [0.2, 0.25) is 5.88 Å². The third kappa shape index (κ3) is 5.11. The van der Waals surface area contributed by atoms with Gasteiger partial charge in [-0.05, 0) is 20.8 Å². The van der Waals surface area contributed by atoms with Crippen LogP contribution in [0.25, 0.3) is 0 Å². The summed E-state index contributed by atoms with van der Waals surface area (Å²) in [6.07, 6.45) is 0.361. The number of hydrogen-bond acceptors (Lipinski definition) is 7. The summed E-state index contributed by atoms with van der Waals surface area (Å²) >= 11 is 0. The second-order valence-electron chi connectivity index (χ2n) is 5.74. The van der Waals surface area contributed by atoms with Gasteiger partial charge < -0.3 is 14.2 Å². The number of pyridine rings is 1. The smallest absolute Gasteiger partial charge is 0.426 e. The second kappa shape index (κ2) is 7.62. The lowest BCUT2D eigenvalue weighted by atomic mass is 10.1. The normalized spacial score (nSPS) is 10.6. The lowest BCUT2D eigenvalue weighted by molar-refractivity contribution is 0.0333. The van der Waals surface area contributed by atoms with Crippen molar-refractivity contribution in [1.82, 2.24) is 15.4 Å². The van der Waals surface area contributed by atoms with Crippen molar-refractivity contribution in [1.29, 1.82) is 0 Å². The summed E-state index contributed by atoms with van der Waals surface area (Å²) in [5.74, 6) is -1.25. The maximum Gasteiger partial charge on any atom is 0.426 e. The van der Waals surface area contributed by atoms with Crippen LogP contribution in [0.4, 0.5) is 4.79 Å². The molecule has 0 saturated carbocycles. The first-order valence-corrected chi connectivity index (χ1v) is 6.99. The second-order valence-corrected chi connectivity index (χ2v) is 5.74. The molecule has 0 radical (unpaired) electrons. The van der Waals surface area contributed by atoms with Crippen LogP contribution in [0.15, 0.2) is 12.3 Å². The standard InChI is InChI=1S/C15H21N3O6/c1-15(2,3)24-14(21)17-18(4)12(19)10-8-16-11(22-5)7-9(10)13(20)23-6/h7-8H,1-6H3,(H,17,21). The van der Waals surface area contributed by atoms with Crippen LogP contribution in [-0.2, 0) is 9.47 Å². The summed E-state index contributed by atoms with van der Waals surface area (Å²) in [5.41, 5.74) is 1.45. The molecule has 1 rings (SSSR count). The Labute approximate surface area is 139 Å². The average molecular weight is 339 g/mol. The molecule has 0 unspecified atom stereocenters. The number of hydrazine groups is 1. The molecule has 0 aromatic carbocycles. The Kier molecular flexibility index (Phi) is 6.10. The van der Waals surface area contributed by atoms with E-state index in [1.165, 1.54) is 33.5 Å². The highest BCUT2D eigenvalue weighted by molar-refractivity contribution is 6.05. The molecule has 2 amide bonds. The van der Waals surface area contributed by atoms with Gasteiger partial charge in [0.25, 0.3) is 5.91 Å². The lowest BCUT2D eigenvalue weighted by Gasteiger charge is -2.23. The number of nitrogens with zero attached hydrogens (tertiary/aromatic N) is 2. The highest BCUT2D eigenvalue weighted by atomic mass is 16.6. The van der Waals surface area contributed by atoms with Gasteiger partial charge in [0.15, 0.2) is 0 Å². The number of carbonyl (C=O) groups excluding carboxylic acids is 3. The summed E-state index contributed by atoms with van der Waals surface area (Å²) in [6, 6.07) is 1.28. The molecule has 0 fully saturated rings. The first-order valence-electron chi connectivity index (χ1n) is 6.99. The molecule has 9 heteroatoms. The summed E-state index contributed by atoms with van der Waals surface area (Å²) in [4.78, 5) is 39.9. The van der Waals surface area contributed by atoms with E-state index < -0.39 is 23.6 Å². The predicted molar refractivity (Wildman–Crippen MR) is 83.6 cm³/mol. The number of hydrogen-bond donors (Lipinski definition) is 1. The molecule has 1 N–H and O–H groups in total. The number of methoxy groups -OCH3 is 2. The van der Waals surface area contributed by atoms with Gasteiger partial charge in [-0.2, -0.15) is 0 Å². The molecule has 1 aromatic heterocycles. The summed E-state index contributed by atoms with van der Waals surface area (Å²) in [7, 11) is 3.88. The van der Waals surface area contributed by atoms with E-state index in [0.29, 0.717) is 0 Å². The highest BCUT2D eigenvalue weighted by Crippen LogP contribution is 2.17. The Hall–Kier alpha value is -2.84. The minimum atomic E-state index is -0.806. The van der Waals surface area contributed by atoms with Crippen molar-refractivity contribution in [2.45, 2.75) is 26.4 Å². The van der Waals surface area contributed by atoms with E-state index in [0.717, 1.165) is 5.01 Å². The molecule has 9 nitrogen and oxygen atoms in total. The van der Waals surface area contributed by atoms with Crippen molar-refractivity contribution in [2.75, 3.05) is 21.3 Å². The number of ether oxygens (including phenoxy) is 3. The molecule has 0 spiro atoms. The Balaban J connectivity index is 3.01. The van der Waals surface area contributed by atoms with Crippen molar-refractivity contribution in [3.63, 3.8) is 0 Å². The Morgan fingerprint density at radius 3 is 2.29 bits per heavy atom. The highest BCUT2D eigenvalue weighted by Gasteiger charge is 2.24. The minimum absolute atomic E-state index is 0.0350. The van der Waals surface area contributed by atoms with Crippen LogP contribution < -0.4 is 10.2 Å². The third-order valence-electron chi connectivity index (χ3n) is 2.69. The van der Waals surface area contributed by atoms with Crippen molar-refractivity contribution < 1.29 is 28.6 Å². The molecular formula is C15H21N3O6. The van der Waals surface area contributed by atoms with Crippen molar-refractivity contribution in [2.24, 2.45) is 0 Å². The van der Waals surface area contributed by atoms with Gasteiger partial charge in [-0.25, -0.2) is 20.0 Å². The monoisotopic (exact) mass is 339 g/mol. The number of aromatic nitrogens is 1. The van der Waals surface area contributed by atoms with Crippen molar-refractivity contribution >= 4 is 18.0 Å². The van der Waals surface area contributed by atoms with Gasteiger partial charge in [-0.3, -0.25) is 9.80 Å². The van der Waals surface area contributed by atoms with E-state index in [1.54, 1.807) is 20.8 Å². The van der Waals surface area contributed by atoms with E-state index in [1.807, 2.05) is 0 Å². The lowest BCUT2D eigenvalue weighted by Crippen LogP contribution is -2.46. The fourth-order valence-electron chi connectivity index (χ4n) is 1.67. The Bertz CT molecular complexity index is 639. The van der Waals surface area contributed by atoms with E-state index in [2.05, 4.69) is 15.1 Å². The SMILES string of the molecule is COC(=O)c1cc(OC)ncc1C(=O)N(C)NC(=O)OC(C)(C)C. The molecular weight excluding hydrogens is 318 g/mol. The molecule has 0 aliphatic carbocycles. The largest absolute Gasteiger partial charge is 0.481 e. The minimum Gasteiger partial charge on any atom is -0.481 e. The number of amides is 2. The van der Waals surface area contributed by atoms with Gasteiger partial charge >= 0.3 is 12.1 Å². The van der Waals surface area contributed by atoms with Crippen LogP contribution in [-0.4, -0.2) is 54.8 Å². The van der Waals surface area contributed by atoms with Crippen molar-refractivity contribution in [3.05, 3.63) is 23.4 Å².